The average molecular weight is 322 g/mol. The number of fused-ring (bicyclic) bond motifs is 4. The van der Waals surface area contributed by atoms with Crippen LogP contribution in [0.5, 0.6) is 0 Å². The molecule has 0 fully saturated rings. The molecule has 1 aliphatic rings. The van der Waals surface area contributed by atoms with Crippen molar-refractivity contribution >= 4 is 16.8 Å². The predicted octanol–water partition coefficient (Wildman–Crippen LogP) is 2.90. The summed E-state index contributed by atoms with van der Waals surface area (Å²) in [6, 6.07) is 11.1. The van der Waals surface area contributed by atoms with E-state index in [1.165, 1.54) is 0 Å². The summed E-state index contributed by atoms with van der Waals surface area (Å²) in [5.74, 6) is -0.135. The van der Waals surface area contributed by atoms with E-state index in [4.69, 9.17) is 4.74 Å². The molecular formula is C19H18N2O3. The van der Waals surface area contributed by atoms with Gasteiger partial charge in [0.1, 0.15) is 5.69 Å². The zero-order chi connectivity index (χ0) is 16.7. The Labute approximate surface area is 139 Å². The lowest BCUT2D eigenvalue weighted by atomic mass is 10.1. The molecule has 0 amide bonds. The third-order valence-electron chi connectivity index (χ3n) is 4.47. The third-order valence-corrected chi connectivity index (χ3v) is 4.47. The number of carbonyl (C=O) groups excluding carboxylic acids is 1. The monoisotopic (exact) mass is 322 g/mol. The first-order chi connectivity index (χ1) is 11.7. The molecule has 3 aromatic rings. The SMILES string of the molecule is CCOCCCn1c2c(c(=O)c3ccccc31)-c1cccn1C2=O. The molecule has 5 heteroatoms. The van der Waals surface area contributed by atoms with Crippen molar-refractivity contribution in [2.75, 3.05) is 13.2 Å². The number of pyridine rings is 1. The maximum atomic E-state index is 13.0. The molecule has 5 nitrogen and oxygen atoms in total. The molecule has 0 N–H and O–H groups in total. The fourth-order valence-corrected chi connectivity index (χ4v) is 3.44. The minimum absolute atomic E-state index is 0.0764. The van der Waals surface area contributed by atoms with Gasteiger partial charge in [-0.3, -0.25) is 14.2 Å². The minimum atomic E-state index is -0.135. The Morgan fingerprint density at radius 2 is 1.92 bits per heavy atom. The minimum Gasteiger partial charge on any atom is -0.382 e. The number of rotatable bonds is 5. The zero-order valence-corrected chi connectivity index (χ0v) is 13.5. The van der Waals surface area contributed by atoms with Crippen LogP contribution in [0.3, 0.4) is 0 Å². The summed E-state index contributed by atoms with van der Waals surface area (Å²) in [7, 11) is 0. The standard InChI is InChI=1S/C19H18N2O3/c1-2-24-12-6-11-20-14-8-4-3-7-13(14)18(22)16-15-9-5-10-21(15)19(23)17(16)20/h3-5,7-10H,2,6,11-12H2,1H3. The average Bonchev–Trinajstić information content (AvgIpc) is 3.17. The molecule has 0 aliphatic carbocycles. The molecule has 0 saturated carbocycles. The van der Waals surface area contributed by atoms with Gasteiger partial charge in [-0.25, -0.2) is 0 Å². The highest BCUT2D eigenvalue weighted by Gasteiger charge is 2.32. The number of para-hydroxylation sites is 1. The van der Waals surface area contributed by atoms with Crippen molar-refractivity contribution in [2.24, 2.45) is 0 Å². The van der Waals surface area contributed by atoms with Gasteiger partial charge in [0.2, 0.25) is 0 Å². The molecule has 0 saturated heterocycles. The van der Waals surface area contributed by atoms with Gasteiger partial charge in [0.05, 0.1) is 16.8 Å². The van der Waals surface area contributed by atoms with E-state index in [0.29, 0.717) is 42.1 Å². The van der Waals surface area contributed by atoms with Crippen LogP contribution in [-0.2, 0) is 11.3 Å². The molecule has 1 aromatic carbocycles. The molecule has 0 bridgehead atoms. The van der Waals surface area contributed by atoms with Crippen molar-refractivity contribution in [2.45, 2.75) is 19.9 Å². The highest BCUT2D eigenvalue weighted by atomic mass is 16.5. The van der Waals surface area contributed by atoms with Crippen molar-refractivity contribution in [1.29, 1.82) is 0 Å². The van der Waals surface area contributed by atoms with Crippen LogP contribution in [0.4, 0.5) is 0 Å². The van der Waals surface area contributed by atoms with E-state index < -0.39 is 0 Å². The number of ether oxygens (including phenoxy) is 1. The van der Waals surface area contributed by atoms with Gasteiger partial charge in [-0.1, -0.05) is 12.1 Å². The second-order valence-corrected chi connectivity index (χ2v) is 5.84. The Morgan fingerprint density at radius 1 is 1.08 bits per heavy atom. The fraction of sp³-hybridized carbons (Fsp3) is 0.263. The highest BCUT2D eigenvalue weighted by Crippen LogP contribution is 2.32. The van der Waals surface area contributed by atoms with Gasteiger partial charge in [-0.15, -0.1) is 0 Å². The summed E-state index contributed by atoms with van der Waals surface area (Å²) in [5, 5.41) is 0.648. The molecular weight excluding hydrogens is 304 g/mol. The normalized spacial score (nSPS) is 12.6. The second kappa shape index (κ2) is 5.76. The van der Waals surface area contributed by atoms with Crippen LogP contribution in [0.25, 0.3) is 22.2 Å². The van der Waals surface area contributed by atoms with Gasteiger partial charge in [-0.2, -0.15) is 0 Å². The molecule has 24 heavy (non-hydrogen) atoms. The number of carbonyl (C=O) groups is 1. The molecule has 0 spiro atoms. The van der Waals surface area contributed by atoms with Crippen LogP contribution >= 0.6 is 0 Å². The van der Waals surface area contributed by atoms with E-state index in [2.05, 4.69) is 0 Å². The molecule has 122 valence electrons. The first kappa shape index (κ1) is 14.9. The van der Waals surface area contributed by atoms with Crippen molar-refractivity contribution in [3.05, 3.63) is 58.5 Å². The molecule has 3 heterocycles. The van der Waals surface area contributed by atoms with Crippen LogP contribution in [0.15, 0.2) is 47.4 Å². The maximum absolute atomic E-state index is 13.0. The van der Waals surface area contributed by atoms with Gasteiger partial charge in [0.25, 0.3) is 5.91 Å². The van der Waals surface area contributed by atoms with E-state index in [0.717, 1.165) is 11.9 Å². The Balaban J connectivity index is 1.95. The van der Waals surface area contributed by atoms with Crippen LogP contribution in [0, 0.1) is 0 Å². The Kier molecular flexibility index (Phi) is 3.58. The lowest BCUT2D eigenvalue weighted by molar-refractivity contribution is 0.0958. The molecule has 4 rings (SSSR count). The molecule has 0 unspecified atom stereocenters. The molecule has 0 atom stereocenters. The molecule has 2 aromatic heterocycles. The van der Waals surface area contributed by atoms with Gasteiger partial charge < -0.3 is 9.30 Å². The van der Waals surface area contributed by atoms with E-state index in [9.17, 15) is 9.59 Å². The van der Waals surface area contributed by atoms with Crippen LogP contribution in [0.1, 0.15) is 23.8 Å². The quantitative estimate of drug-likeness (QED) is 0.531. The van der Waals surface area contributed by atoms with Crippen LogP contribution < -0.4 is 5.43 Å². The van der Waals surface area contributed by atoms with E-state index in [1.54, 1.807) is 16.8 Å². The van der Waals surface area contributed by atoms with E-state index in [-0.39, 0.29) is 11.3 Å². The van der Waals surface area contributed by atoms with Crippen molar-refractivity contribution < 1.29 is 9.53 Å². The van der Waals surface area contributed by atoms with Gasteiger partial charge >= 0.3 is 0 Å². The largest absolute Gasteiger partial charge is 0.382 e. The first-order valence-electron chi connectivity index (χ1n) is 8.19. The van der Waals surface area contributed by atoms with E-state index >= 15 is 0 Å². The first-order valence-corrected chi connectivity index (χ1v) is 8.19. The number of hydrogen-bond acceptors (Lipinski definition) is 3. The molecule has 1 aliphatic heterocycles. The number of hydrogen-bond donors (Lipinski definition) is 0. The molecule has 0 radical (unpaired) electrons. The highest BCUT2D eigenvalue weighted by molar-refractivity contribution is 6.09. The zero-order valence-electron chi connectivity index (χ0n) is 13.5. The van der Waals surface area contributed by atoms with Crippen LogP contribution in [0.2, 0.25) is 0 Å². The van der Waals surface area contributed by atoms with Crippen molar-refractivity contribution in [1.82, 2.24) is 9.13 Å². The summed E-state index contributed by atoms with van der Waals surface area (Å²) >= 11 is 0. The lowest BCUT2D eigenvalue weighted by Crippen LogP contribution is -2.20. The summed E-state index contributed by atoms with van der Waals surface area (Å²) in [6.45, 7) is 3.91. The van der Waals surface area contributed by atoms with Crippen molar-refractivity contribution in [3.8, 4) is 11.3 Å². The second-order valence-electron chi connectivity index (χ2n) is 5.84. The van der Waals surface area contributed by atoms with Gasteiger partial charge in [0, 0.05) is 31.3 Å². The van der Waals surface area contributed by atoms with Crippen molar-refractivity contribution in [3.63, 3.8) is 0 Å². The summed E-state index contributed by atoms with van der Waals surface area (Å²) < 4.78 is 8.95. The van der Waals surface area contributed by atoms with Gasteiger partial charge in [-0.05, 0) is 37.6 Å². The summed E-state index contributed by atoms with van der Waals surface area (Å²) in [6.07, 6.45) is 2.50. The Morgan fingerprint density at radius 3 is 2.75 bits per heavy atom. The number of benzene rings is 1. The Hall–Kier alpha value is -2.66. The Bertz CT molecular complexity index is 998. The van der Waals surface area contributed by atoms with Gasteiger partial charge in [0.15, 0.2) is 5.43 Å². The fourth-order valence-electron chi connectivity index (χ4n) is 3.44. The summed E-state index contributed by atoms with van der Waals surface area (Å²) in [5.41, 5.74) is 2.42. The maximum Gasteiger partial charge on any atom is 0.279 e. The smallest absolute Gasteiger partial charge is 0.279 e. The predicted molar refractivity (Wildman–Crippen MR) is 92.5 cm³/mol. The topological polar surface area (TPSA) is 53.2 Å². The number of nitrogens with zero attached hydrogens (tertiary/aromatic N) is 2. The van der Waals surface area contributed by atoms with E-state index in [1.807, 2.05) is 41.8 Å². The third kappa shape index (κ3) is 2.05. The summed E-state index contributed by atoms with van der Waals surface area (Å²) in [4.78, 5) is 25.8. The number of aromatic nitrogens is 2. The number of aryl methyl sites for hydroxylation is 1. The lowest BCUT2D eigenvalue weighted by Gasteiger charge is -2.15. The van der Waals surface area contributed by atoms with Crippen LogP contribution in [-0.4, -0.2) is 28.3 Å².